The number of nitriles is 1. The van der Waals surface area contributed by atoms with E-state index < -0.39 is 11.8 Å². The number of nitrogens with zero attached hydrogens (tertiary/aromatic N) is 3. The number of aliphatic carboxylic acids is 1. The molecule has 1 N–H and O–H groups in total. The summed E-state index contributed by atoms with van der Waals surface area (Å²) >= 11 is 1.54. The summed E-state index contributed by atoms with van der Waals surface area (Å²) < 4.78 is 13.5. The fourth-order valence-corrected chi connectivity index (χ4v) is 3.50. The number of halogens is 1. The molecular weight excluding hydrogens is 353 g/mol. The lowest BCUT2D eigenvalue weighted by Gasteiger charge is -2.12. The van der Waals surface area contributed by atoms with E-state index in [2.05, 4.69) is 5.10 Å². The smallest absolute Gasteiger partial charge is 0.328 e. The highest BCUT2D eigenvalue weighted by Crippen LogP contribution is 2.30. The number of benzene rings is 2. The molecule has 0 amide bonds. The minimum Gasteiger partial charge on any atom is -0.478 e. The first kappa shape index (κ1) is 17.7. The second kappa shape index (κ2) is 7.42. The van der Waals surface area contributed by atoms with E-state index in [1.807, 2.05) is 31.2 Å². The van der Waals surface area contributed by atoms with Gasteiger partial charge in [-0.2, -0.15) is 10.4 Å². The maximum Gasteiger partial charge on any atom is 0.328 e. The molecule has 7 heteroatoms. The second-order valence-corrected chi connectivity index (χ2v) is 6.53. The van der Waals surface area contributed by atoms with Crippen molar-refractivity contribution in [3.8, 4) is 6.07 Å². The molecule has 1 aliphatic heterocycles. The Hall–Kier alpha value is -3.11. The largest absolute Gasteiger partial charge is 0.478 e. The van der Waals surface area contributed by atoms with Crippen molar-refractivity contribution >= 4 is 34.5 Å². The third-order valence-electron chi connectivity index (χ3n) is 3.80. The SMILES string of the molecule is Cc1cc(C=CC(=O)O)ccc1C1=NN(c2ccc(F)c(C#N)c2)CS1. The van der Waals surface area contributed by atoms with Gasteiger partial charge in [0.05, 0.1) is 17.1 Å². The van der Waals surface area contributed by atoms with Gasteiger partial charge in [-0.05, 0) is 42.3 Å². The number of thioether (sulfide) groups is 1. The quantitative estimate of drug-likeness (QED) is 0.827. The Morgan fingerprint density at radius 2 is 2.19 bits per heavy atom. The number of carboxylic acid groups (broad SMARTS) is 1. The van der Waals surface area contributed by atoms with Crippen molar-refractivity contribution in [1.82, 2.24) is 0 Å². The van der Waals surface area contributed by atoms with Gasteiger partial charge in [-0.1, -0.05) is 30.0 Å². The van der Waals surface area contributed by atoms with Crippen molar-refractivity contribution < 1.29 is 14.3 Å². The zero-order chi connectivity index (χ0) is 18.7. The van der Waals surface area contributed by atoms with Crippen molar-refractivity contribution in [3.05, 3.63) is 70.5 Å². The topological polar surface area (TPSA) is 76.7 Å². The van der Waals surface area contributed by atoms with Gasteiger partial charge >= 0.3 is 5.97 Å². The molecule has 0 saturated heterocycles. The van der Waals surface area contributed by atoms with Crippen LogP contribution in [0.3, 0.4) is 0 Å². The van der Waals surface area contributed by atoms with Crippen LogP contribution in [-0.4, -0.2) is 22.0 Å². The highest BCUT2D eigenvalue weighted by molar-refractivity contribution is 8.14. The molecule has 0 bridgehead atoms. The van der Waals surface area contributed by atoms with Crippen LogP contribution in [0.25, 0.3) is 6.08 Å². The predicted molar refractivity (Wildman–Crippen MR) is 100 cm³/mol. The minimum absolute atomic E-state index is 0.0121. The van der Waals surface area contributed by atoms with Crippen LogP contribution < -0.4 is 5.01 Å². The maximum absolute atomic E-state index is 13.5. The van der Waals surface area contributed by atoms with Gasteiger partial charge in [0, 0.05) is 11.6 Å². The maximum atomic E-state index is 13.5. The average molecular weight is 367 g/mol. The summed E-state index contributed by atoms with van der Waals surface area (Å²) in [6.45, 7) is 1.94. The van der Waals surface area contributed by atoms with Gasteiger partial charge in [0.15, 0.2) is 0 Å². The molecule has 1 aliphatic rings. The van der Waals surface area contributed by atoms with E-state index in [0.717, 1.165) is 27.8 Å². The van der Waals surface area contributed by atoms with E-state index in [4.69, 9.17) is 10.4 Å². The number of rotatable bonds is 4. The number of carboxylic acids is 1. The number of hydrogen-bond acceptors (Lipinski definition) is 5. The Labute approximate surface area is 154 Å². The molecular formula is C19H14FN3O2S. The molecule has 0 aliphatic carbocycles. The first-order chi connectivity index (χ1) is 12.5. The first-order valence-electron chi connectivity index (χ1n) is 7.68. The van der Waals surface area contributed by atoms with Crippen molar-refractivity contribution in [1.29, 1.82) is 5.26 Å². The van der Waals surface area contributed by atoms with Gasteiger partial charge in [0.1, 0.15) is 16.9 Å². The molecule has 1 heterocycles. The monoisotopic (exact) mass is 367 g/mol. The fourth-order valence-electron chi connectivity index (χ4n) is 2.51. The van der Waals surface area contributed by atoms with Crippen molar-refractivity contribution in [2.45, 2.75) is 6.92 Å². The molecule has 5 nitrogen and oxygen atoms in total. The summed E-state index contributed by atoms with van der Waals surface area (Å²) in [5, 5.41) is 24.8. The Morgan fingerprint density at radius 1 is 1.38 bits per heavy atom. The summed E-state index contributed by atoms with van der Waals surface area (Å²) in [7, 11) is 0. The van der Waals surface area contributed by atoms with E-state index >= 15 is 0 Å². The summed E-state index contributed by atoms with van der Waals surface area (Å²) in [5.74, 6) is -0.978. The molecule has 0 saturated carbocycles. The van der Waals surface area contributed by atoms with Crippen molar-refractivity contribution in [3.63, 3.8) is 0 Å². The van der Waals surface area contributed by atoms with E-state index in [-0.39, 0.29) is 5.56 Å². The summed E-state index contributed by atoms with van der Waals surface area (Å²) in [4.78, 5) is 10.6. The van der Waals surface area contributed by atoms with Gasteiger partial charge in [-0.3, -0.25) is 5.01 Å². The molecule has 0 fully saturated rings. The van der Waals surface area contributed by atoms with Crippen LogP contribution in [0.5, 0.6) is 0 Å². The van der Waals surface area contributed by atoms with E-state index in [9.17, 15) is 9.18 Å². The molecule has 0 radical (unpaired) electrons. The van der Waals surface area contributed by atoms with Gasteiger partial charge in [0.25, 0.3) is 0 Å². The molecule has 0 aromatic heterocycles. The van der Waals surface area contributed by atoms with Crippen LogP contribution in [0.1, 0.15) is 22.3 Å². The van der Waals surface area contributed by atoms with Gasteiger partial charge < -0.3 is 5.11 Å². The molecule has 2 aromatic rings. The summed E-state index contributed by atoms with van der Waals surface area (Å²) in [5.41, 5.74) is 3.37. The normalized spacial score (nSPS) is 13.7. The average Bonchev–Trinajstić information content (AvgIpc) is 3.10. The highest BCUT2D eigenvalue weighted by Gasteiger charge is 2.20. The molecule has 0 spiro atoms. The number of aryl methyl sites for hydroxylation is 1. The Kier molecular flexibility index (Phi) is 5.05. The number of hydrogen-bond donors (Lipinski definition) is 1. The first-order valence-corrected chi connectivity index (χ1v) is 8.67. The molecule has 26 heavy (non-hydrogen) atoms. The molecule has 3 rings (SSSR count). The summed E-state index contributed by atoms with van der Waals surface area (Å²) in [6.07, 6.45) is 2.64. The third-order valence-corrected chi connectivity index (χ3v) is 4.75. The zero-order valence-electron chi connectivity index (χ0n) is 13.8. The lowest BCUT2D eigenvalue weighted by molar-refractivity contribution is -0.131. The lowest BCUT2D eigenvalue weighted by Crippen LogP contribution is -2.10. The highest BCUT2D eigenvalue weighted by atomic mass is 32.2. The summed E-state index contributed by atoms with van der Waals surface area (Å²) in [6, 6.07) is 11.8. The molecule has 0 unspecified atom stereocenters. The van der Waals surface area contributed by atoms with Crippen LogP contribution in [0.15, 0.2) is 47.6 Å². The zero-order valence-corrected chi connectivity index (χ0v) is 14.6. The fraction of sp³-hybridized carbons (Fsp3) is 0.105. The second-order valence-electron chi connectivity index (χ2n) is 5.60. The standard InChI is InChI=1S/C19H14FN3O2S/c1-12-8-13(3-7-18(24)25)2-5-16(12)19-22-23(11-26-19)15-4-6-17(20)14(9-15)10-21/h2-9H,11H2,1H3,(H,24,25). The molecule has 2 aromatic carbocycles. The third kappa shape index (κ3) is 3.76. The van der Waals surface area contributed by atoms with Crippen LogP contribution in [0.2, 0.25) is 0 Å². The van der Waals surface area contributed by atoms with Crippen LogP contribution in [0.4, 0.5) is 10.1 Å². The molecule has 0 atom stereocenters. The Balaban J connectivity index is 1.86. The van der Waals surface area contributed by atoms with Gasteiger partial charge in [0.2, 0.25) is 0 Å². The van der Waals surface area contributed by atoms with Gasteiger partial charge in [-0.15, -0.1) is 0 Å². The van der Waals surface area contributed by atoms with Crippen LogP contribution >= 0.6 is 11.8 Å². The van der Waals surface area contributed by atoms with E-state index in [1.54, 1.807) is 22.8 Å². The lowest BCUT2D eigenvalue weighted by atomic mass is 10.1. The Morgan fingerprint density at radius 3 is 2.88 bits per heavy atom. The number of carbonyl (C=O) groups is 1. The van der Waals surface area contributed by atoms with Gasteiger partial charge in [-0.25, -0.2) is 9.18 Å². The van der Waals surface area contributed by atoms with E-state index in [1.165, 1.54) is 18.2 Å². The Bertz CT molecular complexity index is 979. The van der Waals surface area contributed by atoms with Crippen molar-refractivity contribution in [2.24, 2.45) is 5.10 Å². The van der Waals surface area contributed by atoms with Crippen LogP contribution in [-0.2, 0) is 4.79 Å². The van der Waals surface area contributed by atoms with Crippen molar-refractivity contribution in [2.75, 3.05) is 10.9 Å². The number of anilines is 1. The number of hydrazone groups is 1. The minimum atomic E-state index is -0.992. The molecule has 130 valence electrons. The predicted octanol–water partition coefficient (Wildman–Crippen LogP) is 3.98. The van der Waals surface area contributed by atoms with Crippen LogP contribution in [0, 0.1) is 24.1 Å². The van der Waals surface area contributed by atoms with E-state index in [0.29, 0.717) is 11.6 Å².